The summed E-state index contributed by atoms with van der Waals surface area (Å²) < 4.78 is 23.8. The van der Waals surface area contributed by atoms with Crippen molar-refractivity contribution in [3.8, 4) is 5.75 Å². The Hall–Kier alpha value is -1.62. The predicted octanol–water partition coefficient (Wildman–Crippen LogP) is 1.77. The summed E-state index contributed by atoms with van der Waals surface area (Å²) in [5.41, 5.74) is 0.906. The molecule has 1 aromatic carbocycles. The molecule has 2 aliphatic heterocycles. The van der Waals surface area contributed by atoms with Gasteiger partial charge in [-0.2, -0.15) is 0 Å². The number of hydrogen-bond acceptors (Lipinski definition) is 4. The summed E-state index contributed by atoms with van der Waals surface area (Å²) in [5, 5.41) is 0. The molecule has 0 saturated carbocycles. The molecule has 2 unspecified atom stereocenters. The van der Waals surface area contributed by atoms with Crippen LogP contribution in [0.2, 0.25) is 0 Å². The van der Waals surface area contributed by atoms with Gasteiger partial charge in [0.1, 0.15) is 23.7 Å². The number of carbonyl (C=O) groups is 1. The van der Waals surface area contributed by atoms with Gasteiger partial charge >= 0.3 is 5.97 Å². The summed E-state index contributed by atoms with van der Waals surface area (Å²) in [4.78, 5) is 13.8. The van der Waals surface area contributed by atoms with Crippen LogP contribution in [0.15, 0.2) is 18.2 Å². The van der Waals surface area contributed by atoms with E-state index >= 15 is 0 Å². The highest BCUT2D eigenvalue weighted by molar-refractivity contribution is 5.76. The van der Waals surface area contributed by atoms with Crippen molar-refractivity contribution < 1.29 is 18.7 Å². The molecule has 2 aliphatic rings. The highest BCUT2D eigenvalue weighted by atomic mass is 19.1. The summed E-state index contributed by atoms with van der Waals surface area (Å²) in [5.74, 6) is 0.343. The minimum Gasteiger partial charge on any atom is -0.488 e. The second-order valence-corrected chi connectivity index (χ2v) is 5.37. The van der Waals surface area contributed by atoms with Crippen LogP contribution in [0.3, 0.4) is 0 Å². The molecule has 0 spiro atoms. The van der Waals surface area contributed by atoms with E-state index in [4.69, 9.17) is 9.47 Å². The number of methoxy groups -OCH3 is 1. The van der Waals surface area contributed by atoms with Gasteiger partial charge in [-0.05, 0) is 37.6 Å². The Morgan fingerprint density at radius 1 is 1.55 bits per heavy atom. The van der Waals surface area contributed by atoms with Crippen molar-refractivity contribution in [3.63, 3.8) is 0 Å². The molecule has 108 valence electrons. The number of benzene rings is 1. The standard InChI is InChI=1S/C15H18FNO3/c1-19-15(18)13-3-2-6-17(13)9-12-8-10-7-11(16)4-5-14(10)20-12/h4-5,7,12-13H,2-3,6,8-9H2,1H3. The Balaban J connectivity index is 1.64. The van der Waals surface area contributed by atoms with Crippen LogP contribution in [0.25, 0.3) is 0 Å². The maximum Gasteiger partial charge on any atom is 0.323 e. The Labute approximate surface area is 117 Å². The van der Waals surface area contributed by atoms with Crippen LogP contribution in [-0.4, -0.2) is 43.2 Å². The maximum atomic E-state index is 13.2. The van der Waals surface area contributed by atoms with Crippen LogP contribution in [-0.2, 0) is 16.0 Å². The average molecular weight is 279 g/mol. The molecule has 0 aliphatic carbocycles. The number of fused-ring (bicyclic) bond motifs is 1. The van der Waals surface area contributed by atoms with Crippen LogP contribution < -0.4 is 4.74 Å². The Bertz CT molecular complexity index is 520. The van der Waals surface area contributed by atoms with E-state index in [1.165, 1.54) is 19.2 Å². The number of halogens is 1. The third kappa shape index (κ3) is 2.50. The fraction of sp³-hybridized carbons (Fsp3) is 0.533. The number of likely N-dealkylation sites (tertiary alicyclic amines) is 1. The number of carbonyl (C=O) groups excluding carboxylic acids is 1. The molecule has 0 amide bonds. The van der Waals surface area contributed by atoms with Gasteiger partial charge in [0.15, 0.2) is 0 Å². The number of ether oxygens (including phenoxy) is 2. The summed E-state index contributed by atoms with van der Waals surface area (Å²) in [7, 11) is 1.42. The van der Waals surface area contributed by atoms with Crippen LogP contribution >= 0.6 is 0 Å². The summed E-state index contributed by atoms with van der Waals surface area (Å²) in [6, 6.07) is 4.45. The quantitative estimate of drug-likeness (QED) is 0.790. The van der Waals surface area contributed by atoms with Gasteiger partial charge < -0.3 is 9.47 Å². The lowest BCUT2D eigenvalue weighted by molar-refractivity contribution is -0.146. The molecule has 1 fully saturated rings. The lowest BCUT2D eigenvalue weighted by Gasteiger charge is -2.25. The molecule has 0 aromatic heterocycles. The Morgan fingerprint density at radius 2 is 2.40 bits per heavy atom. The maximum absolute atomic E-state index is 13.2. The molecule has 2 heterocycles. The minimum absolute atomic E-state index is 0.0166. The summed E-state index contributed by atoms with van der Waals surface area (Å²) >= 11 is 0. The lowest BCUT2D eigenvalue weighted by atomic mass is 10.1. The topological polar surface area (TPSA) is 38.8 Å². The monoisotopic (exact) mass is 279 g/mol. The van der Waals surface area contributed by atoms with E-state index in [2.05, 4.69) is 4.90 Å². The number of nitrogens with zero attached hydrogens (tertiary/aromatic N) is 1. The first-order chi connectivity index (χ1) is 9.67. The number of rotatable bonds is 3. The molecule has 1 saturated heterocycles. The lowest BCUT2D eigenvalue weighted by Crippen LogP contribution is -2.42. The zero-order valence-corrected chi connectivity index (χ0v) is 11.5. The van der Waals surface area contributed by atoms with Crippen molar-refractivity contribution in [2.75, 3.05) is 20.2 Å². The Morgan fingerprint density at radius 3 is 3.20 bits per heavy atom. The second-order valence-electron chi connectivity index (χ2n) is 5.37. The van der Waals surface area contributed by atoms with E-state index in [0.29, 0.717) is 13.0 Å². The minimum atomic E-state index is -0.235. The molecule has 3 rings (SSSR count). The highest BCUT2D eigenvalue weighted by Gasteiger charge is 2.35. The van der Waals surface area contributed by atoms with E-state index in [1.54, 1.807) is 6.07 Å². The van der Waals surface area contributed by atoms with Crippen LogP contribution in [0.5, 0.6) is 5.75 Å². The predicted molar refractivity (Wildman–Crippen MR) is 71.1 cm³/mol. The van der Waals surface area contributed by atoms with Crippen molar-refractivity contribution in [3.05, 3.63) is 29.6 Å². The molecular formula is C15H18FNO3. The smallest absolute Gasteiger partial charge is 0.323 e. The zero-order chi connectivity index (χ0) is 14.1. The van der Waals surface area contributed by atoms with Gasteiger partial charge in [-0.15, -0.1) is 0 Å². The largest absolute Gasteiger partial charge is 0.488 e. The molecular weight excluding hydrogens is 261 g/mol. The molecule has 0 radical (unpaired) electrons. The van der Waals surface area contributed by atoms with Crippen molar-refractivity contribution in [1.29, 1.82) is 0 Å². The zero-order valence-electron chi connectivity index (χ0n) is 11.5. The molecule has 4 nitrogen and oxygen atoms in total. The first kappa shape index (κ1) is 13.4. The van der Waals surface area contributed by atoms with Gasteiger partial charge in [-0.3, -0.25) is 9.69 Å². The fourth-order valence-electron chi connectivity index (χ4n) is 3.10. The van der Waals surface area contributed by atoms with Crippen LogP contribution in [0, 0.1) is 5.82 Å². The highest BCUT2D eigenvalue weighted by Crippen LogP contribution is 2.30. The fourth-order valence-corrected chi connectivity index (χ4v) is 3.10. The number of esters is 1. The van der Waals surface area contributed by atoms with Crippen molar-refractivity contribution in [2.45, 2.75) is 31.4 Å². The number of hydrogen-bond donors (Lipinski definition) is 0. The SMILES string of the molecule is COC(=O)C1CCCN1CC1Cc2cc(F)ccc2O1. The molecule has 0 N–H and O–H groups in total. The second kappa shape index (κ2) is 5.40. The summed E-state index contributed by atoms with van der Waals surface area (Å²) in [6.45, 7) is 1.56. The molecule has 20 heavy (non-hydrogen) atoms. The third-order valence-corrected chi connectivity index (χ3v) is 4.04. The van der Waals surface area contributed by atoms with E-state index < -0.39 is 0 Å². The van der Waals surface area contributed by atoms with Crippen molar-refractivity contribution in [2.24, 2.45) is 0 Å². The molecule has 0 bridgehead atoms. The Kier molecular flexibility index (Phi) is 3.61. The first-order valence-electron chi connectivity index (χ1n) is 6.94. The van der Waals surface area contributed by atoms with Crippen molar-refractivity contribution >= 4 is 5.97 Å². The van der Waals surface area contributed by atoms with Gasteiger partial charge in [0.05, 0.1) is 7.11 Å². The van der Waals surface area contributed by atoms with E-state index in [-0.39, 0.29) is 23.9 Å². The van der Waals surface area contributed by atoms with Crippen LogP contribution in [0.1, 0.15) is 18.4 Å². The normalized spacial score (nSPS) is 25.3. The van der Waals surface area contributed by atoms with Gasteiger partial charge in [0.2, 0.25) is 0 Å². The average Bonchev–Trinajstić information content (AvgIpc) is 3.04. The summed E-state index contributed by atoms with van der Waals surface area (Å²) in [6.07, 6.45) is 2.50. The van der Waals surface area contributed by atoms with Crippen LogP contribution in [0.4, 0.5) is 4.39 Å². The van der Waals surface area contributed by atoms with Gasteiger partial charge in [-0.25, -0.2) is 4.39 Å². The van der Waals surface area contributed by atoms with Gasteiger partial charge in [0, 0.05) is 18.5 Å². The molecule has 5 heteroatoms. The van der Waals surface area contributed by atoms with E-state index in [9.17, 15) is 9.18 Å². The van der Waals surface area contributed by atoms with E-state index in [0.717, 1.165) is 30.7 Å². The van der Waals surface area contributed by atoms with Gasteiger partial charge in [0.25, 0.3) is 0 Å². The van der Waals surface area contributed by atoms with Crippen molar-refractivity contribution in [1.82, 2.24) is 4.90 Å². The van der Waals surface area contributed by atoms with E-state index in [1.807, 2.05) is 0 Å². The first-order valence-corrected chi connectivity index (χ1v) is 6.94. The molecule has 2 atom stereocenters. The van der Waals surface area contributed by atoms with Gasteiger partial charge in [-0.1, -0.05) is 0 Å². The third-order valence-electron chi connectivity index (χ3n) is 4.04. The molecule has 1 aromatic rings.